The molecule has 0 amide bonds. The van der Waals surface area contributed by atoms with Gasteiger partial charge in [-0.1, -0.05) is 25.1 Å². The highest BCUT2D eigenvalue weighted by atomic mass is 19.4. The smallest absolute Gasteiger partial charge is 0.383 e. The van der Waals surface area contributed by atoms with Crippen molar-refractivity contribution >= 4 is 0 Å². The molecule has 2 nitrogen and oxygen atoms in total. The molecule has 0 spiro atoms. The van der Waals surface area contributed by atoms with Crippen molar-refractivity contribution < 1.29 is 17.9 Å². The molecule has 1 fully saturated rings. The molecule has 2 rings (SSSR count). The molecule has 1 aliphatic carbocycles. The van der Waals surface area contributed by atoms with Gasteiger partial charge >= 0.3 is 6.18 Å². The summed E-state index contributed by atoms with van der Waals surface area (Å²) in [6, 6.07) is 5.71. The Hall–Kier alpha value is -1.07. The van der Waals surface area contributed by atoms with Crippen LogP contribution in [0.2, 0.25) is 0 Å². The summed E-state index contributed by atoms with van der Waals surface area (Å²) in [7, 11) is 1.64. The van der Waals surface area contributed by atoms with Crippen molar-refractivity contribution in [2.75, 3.05) is 26.8 Å². The number of nitrogens with one attached hydrogen (secondary N) is 1. The van der Waals surface area contributed by atoms with E-state index in [1.165, 1.54) is 12.1 Å². The molecular weight excluding hydrogens is 267 g/mol. The lowest BCUT2D eigenvalue weighted by atomic mass is 9.93. The Balaban J connectivity index is 1.99. The average molecular weight is 287 g/mol. The second kappa shape index (κ2) is 5.74. The Morgan fingerprint density at radius 1 is 1.40 bits per heavy atom. The van der Waals surface area contributed by atoms with E-state index >= 15 is 0 Å². The lowest BCUT2D eigenvalue weighted by molar-refractivity contribution is -0.137. The van der Waals surface area contributed by atoms with Crippen LogP contribution >= 0.6 is 0 Å². The van der Waals surface area contributed by atoms with Crippen molar-refractivity contribution in [3.05, 3.63) is 35.4 Å². The SMILES string of the molecule is COCCNCC1CC1(C)c1cccc(C(F)(F)F)c1. The summed E-state index contributed by atoms with van der Waals surface area (Å²) in [5.41, 5.74) is 0.0847. The first-order valence-corrected chi connectivity index (χ1v) is 6.75. The summed E-state index contributed by atoms with van der Waals surface area (Å²) in [6.45, 7) is 4.26. The second-order valence-electron chi connectivity index (χ2n) is 5.59. The van der Waals surface area contributed by atoms with Gasteiger partial charge in [-0.25, -0.2) is 0 Å². The van der Waals surface area contributed by atoms with Gasteiger partial charge in [-0.3, -0.25) is 0 Å². The number of rotatable bonds is 6. The standard InChI is InChI=1S/C15H20F3NO/c1-14(9-13(14)10-19-6-7-20-2)11-4-3-5-12(8-11)15(16,17)18/h3-5,8,13,19H,6-7,9-10H2,1-2H3. The van der Waals surface area contributed by atoms with Gasteiger partial charge < -0.3 is 10.1 Å². The summed E-state index contributed by atoms with van der Waals surface area (Å²) in [5.74, 6) is 0.392. The molecule has 1 aliphatic rings. The van der Waals surface area contributed by atoms with Gasteiger partial charge in [-0.2, -0.15) is 13.2 Å². The van der Waals surface area contributed by atoms with Crippen molar-refractivity contribution in [3.8, 4) is 0 Å². The normalized spacial score (nSPS) is 25.8. The zero-order valence-electron chi connectivity index (χ0n) is 11.8. The molecule has 1 saturated carbocycles. The Labute approximate surface area is 117 Å². The fourth-order valence-electron chi connectivity index (χ4n) is 2.61. The van der Waals surface area contributed by atoms with Gasteiger partial charge in [0.25, 0.3) is 0 Å². The highest BCUT2D eigenvalue weighted by molar-refractivity contribution is 5.36. The number of halogens is 3. The van der Waals surface area contributed by atoms with Gasteiger partial charge in [0.2, 0.25) is 0 Å². The summed E-state index contributed by atoms with van der Waals surface area (Å²) in [5, 5.41) is 3.27. The molecule has 20 heavy (non-hydrogen) atoms. The van der Waals surface area contributed by atoms with E-state index in [-0.39, 0.29) is 5.41 Å². The molecule has 1 N–H and O–H groups in total. The number of ether oxygens (including phenoxy) is 1. The average Bonchev–Trinajstić information content (AvgIpc) is 3.06. The molecule has 0 bridgehead atoms. The second-order valence-corrected chi connectivity index (χ2v) is 5.59. The van der Waals surface area contributed by atoms with Crippen molar-refractivity contribution in [3.63, 3.8) is 0 Å². The monoisotopic (exact) mass is 287 g/mol. The molecule has 5 heteroatoms. The van der Waals surface area contributed by atoms with Crippen LogP contribution < -0.4 is 5.32 Å². The first-order valence-electron chi connectivity index (χ1n) is 6.75. The predicted molar refractivity (Wildman–Crippen MR) is 71.6 cm³/mol. The van der Waals surface area contributed by atoms with Gasteiger partial charge in [0.1, 0.15) is 0 Å². The molecule has 0 heterocycles. The maximum atomic E-state index is 12.7. The summed E-state index contributed by atoms with van der Waals surface area (Å²) in [4.78, 5) is 0. The van der Waals surface area contributed by atoms with Crippen molar-refractivity contribution in [2.45, 2.75) is 24.9 Å². The predicted octanol–water partition coefficient (Wildman–Crippen LogP) is 3.22. The molecule has 0 saturated heterocycles. The van der Waals surface area contributed by atoms with E-state index in [1.54, 1.807) is 13.2 Å². The number of methoxy groups -OCH3 is 1. The van der Waals surface area contributed by atoms with Crippen LogP contribution in [-0.2, 0) is 16.3 Å². The van der Waals surface area contributed by atoms with Crippen molar-refractivity contribution in [1.29, 1.82) is 0 Å². The minimum atomic E-state index is -4.27. The molecule has 0 aliphatic heterocycles. The van der Waals surface area contributed by atoms with E-state index in [2.05, 4.69) is 5.32 Å². The quantitative estimate of drug-likeness (QED) is 0.811. The van der Waals surface area contributed by atoms with Crippen LogP contribution in [0.1, 0.15) is 24.5 Å². The lowest BCUT2D eigenvalue weighted by Gasteiger charge is -2.15. The van der Waals surface area contributed by atoms with Crippen LogP contribution in [0.4, 0.5) is 13.2 Å². The van der Waals surface area contributed by atoms with Gasteiger partial charge in [0.05, 0.1) is 12.2 Å². The van der Waals surface area contributed by atoms with Crippen molar-refractivity contribution in [2.24, 2.45) is 5.92 Å². The highest BCUT2D eigenvalue weighted by Crippen LogP contribution is 2.54. The third kappa shape index (κ3) is 3.33. The molecule has 1 aromatic carbocycles. The Bertz CT molecular complexity index is 461. The van der Waals surface area contributed by atoms with E-state index in [9.17, 15) is 13.2 Å². The van der Waals surface area contributed by atoms with Crippen LogP contribution in [0, 0.1) is 5.92 Å². The first kappa shape index (κ1) is 15.3. The largest absolute Gasteiger partial charge is 0.416 e. The van der Waals surface area contributed by atoms with Gasteiger partial charge in [-0.05, 0) is 35.9 Å². The molecule has 1 aromatic rings. The number of hydrogen-bond acceptors (Lipinski definition) is 2. The van der Waals surface area contributed by atoms with Crippen LogP contribution in [0.25, 0.3) is 0 Å². The fourth-order valence-corrected chi connectivity index (χ4v) is 2.61. The van der Waals surface area contributed by atoms with E-state index in [0.717, 1.165) is 31.1 Å². The zero-order chi connectivity index (χ0) is 14.8. The van der Waals surface area contributed by atoms with Crippen LogP contribution in [0.5, 0.6) is 0 Å². The molecule has 0 aromatic heterocycles. The van der Waals surface area contributed by atoms with Crippen LogP contribution in [0.3, 0.4) is 0 Å². The minimum absolute atomic E-state index is 0.138. The van der Waals surface area contributed by atoms with E-state index in [0.29, 0.717) is 12.5 Å². The number of alkyl halides is 3. The molecule has 0 radical (unpaired) electrons. The van der Waals surface area contributed by atoms with Crippen LogP contribution in [0.15, 0.2) is 24.3 Å². The lowest BCUT2D eigenvalue weighted by Crippen LogP contribution is -2.24. The topological polar surface area (TPSA) is 21.3 Å². The summed E-state index contributed by atoms with van der Waals surface area (Å²) in [6.07, 6.45) is -3.35. The number of benzene rings is 1. The van der Waals surface area contributed by atoms with Crippen LogP contribution in [-0.4, -0.2) is 26.8 Å². The third-order valence-corrected chi connectivity index (χ3v) is 4.13. The highest BCUT2D eigenvalue weighted by Gasteiger charge is 2.51. The zero-order valence-corrected chi connectivity index (χ0v) is 11.8. The van der Waals surface area contributed by atoms with Gasteiger partial charge in [0.15, 0.2) is 0 Å². The minimum Gasteiger partial charge on any atom is -0.383 e. The summed E-state index contributed by atoms with van der Waals surface area (Å²) >= 11 is 0. The van der Waals surface area contributed by atoms with Gasteiger partial charge in [0, 0.05) is 13.7 Å². The van der Waals surface area contributed by atoms with E-state index in [1.807, 2.05) is 6.92 Å². The van der Waals surface area contributed by atoms with Crippen molar-refractivity contribution in [1.82, 2.24) is 5.32 Å². The Kier molecular flexibility index (Phi) is 4.39. The fraction of sp³-hybridized carbons (Fsp3) is 0.600. The maximum Gasteiger partial charge on any atom is 0.416 e. The number of hydrogen-bond donors (Lipinski definition) is 1. The van der Waals surface area contributed by atoms with Gasteiger partial charge in [-0.15, -0.1) is 0 Å². The Morgan fingerprint density at radius 2 is 2.15 bits per heavy atom. The van der Waals surface area contributed by atoms with E-state index in [4.69, 9.17) is 4.74 Å². The Morgan fingerprint density at radius 3 is 2.80 bits per heavy atom. The molecule has 2 atom stereocenters. The third-order valence-electron chi connectivity index (χ3n) is 4.13. The summed E-state index contributed by atoms with van der Waals surface area (Å²) < 4.78 is 43.2. The molecule has 112 valence electrons. The molecular formula is C15H20F3NO. The maximum absolute atomic E-state index is 12.7. The molecule has 2 unspecified atom stereocenters. The van der Waals surface area contributed by atoms with E-state index < -0.39 is 11.7 Å². The first-order chi connectivity index (χ1) is 9.38.